The van der Waals surface area contributed by atoms with Crippen LogP contribution in [0.1, 0.15) is 56.9 Å². The number of rotatable bonds is 12. The first-order valence-electron chi connectivity index (χ1n) is 13.6. The molecule has 0 bridgehead atoms. The molecule has 0 heterocycles. The van der Waals surface area contributed by atoms with E-state index >= 15 is 0 Å². The molecular weight excluding hydrogens is 603 g/mol. The first kappa shape index (κ1) is 29.1. The highest BCUT2D eigenvalue weighted by Crippen LogP contribution is 2.39. The lowest BCUT2D eigenvalue weighted by Gasteiger charge is -2.41. The quantitative estimate of drug-likeness (QED) is 0.258. The highest BCUT2D eigenvalue weighted by Gasteiger charge is 2.42. The van der Waals surface area contributed by atoms with E-state index in [9.17, 15) is 24.9 Å². The molecule has 0 radical (unpaired) electrons. The van der Waals surface area contributed by atoms with Crippen molar-refractivity contribution in [3.63, 3.8) is 0 Å². The van der Waals surface area contributed by atoms with Crippen LogP contribution < -0.4 is 14.8 Å². The van der Waals surface area contributed by atoms with Gasteiger partial charge < -0.3 is 35.0 Å². The van der Waals surface area contributed by atoms with Crippen molar-refractivity contribution < 1.29 is 34.4 Å². The molecule has 3 atom stereocenters. The van der Waals surface area contributed by atoms with Crippen molar-refractivity contribution in [2.24, 2.45) is 11.8 Å². The summed E-state index contributed by atoms with van der Waals surface area (Å²) in [5.74, 6) is 1.27. The molecule has 38 heavy (non-hydrogen) atoms. The maximum absolute atomic E-state index is 13.6. The fourth-order valence-electron chi connectivity index (χ4n) is 5.47. The van der Waals surface area contributed by atoms with Crippen LogP contribution in [0, 0.1) is 15.4 Å². The zero-order chi connectivity index (χ0) is 27.2. The van der Waals surface area contributed by atoms with Crippen molar-refractivity contribution in [3.05, 3.63) is 32.9 Å². The fourth-order valence-corrected chi connectivity index (χ4v) is 6.27. The smallest absolute Gasteiger partial charge is 0.247 e. The second-order valence-electron chi connectivity index (χ2n) is 10.6. The molecule has 0 saturated heterocycles. The molecule has 10 heteroatoms. The lowest BCUT2D eigenvalue weighted by molar-refractivity contribution is -0.140. The van der Waals surface area contributed by atoms with Crippen molar-refractivity contribution in [2.45, 2.75) is 76.2 Å². The van der Waals surface area contributed by atoms with Crippen molar-refractivity contribution in [3.8, 4) is 11.5 Å². The van der Waals surface area contributed by atoms with Gasteiger partial charge in [-0.05, 0) is 83.9 Å². The second kappa shape index (κ2) is 13.5. The van der Waals surface area contributed by atoms with Crippen molar-refractivity contribution >= 4 is 34.4 Å². The Morgan fingerprint density at radius 1 is 1.13 bits per heavy atom. The van der Waals surface area contributed by atoms with Gasteiger partial charge in [0.2, 0.25) is 11.8 Å². The number of methoxy groups -OCH3 is 1. The Morgan fingerprint density at radius 2 is 1.87 bits per heavy atom. The summed E-state index contributed by atoms with van der Waals surface area (Å²) in [5.41, 5.74) is 1.07. The van der Waals surface area contributed by atoms with E-state index in [0.717, 1.165) is 38.5 Å². The van der Waals surface area contributed by atoms with Crippen LogP contribution in [0.2, 0.25) is 0 Å². The molecule has 3 unspecified atom stereocenters. The standard InChI is InChI=1S/C28H39IN2O7/c1-37-24-11-19(16-33)10-21(29)27(24)38-23-14-20(28(36)30-8-9-32)13-22(26(23)35)31(15-18-6-7-18)25(34)12-17-4-2-3-5-17/h10-11,14,17-18,22-23,26,32-33,35H,2-9,12-13,15-16H2,1H3,(H,30,36). The minimum absolute atomic E-state index is 0.0306. The molecule has 2 saturated carbocycles. The Kier molecular flexibility index (Phi) is 10.3. The SMILES string of the molecule is COc1cc(CO)cc(I)c1OC1C=C(C(=O)NCCO)CC(N(CC2CC2)C(=O)CC2CCCC2)C1O. The van der Waals surface area contributed by atoms with Gasteiger partial charge in [0.15, 0.2) is 11.5 Å². The van der Waals surface area contributed by atoms with Crippen LogP contribution in [0.15, 0.2) is 23.8 Å². The summed E-state index contributed by atoms with van der Waals surface area (Å²) in [4.78, 5) is 28.4. The molecule has 4 rings (SSSR count). The topological polar surface area (TPSA) is 129 Å². The number of aliphatic hydroxyl groups excluding tert-OH is 3. The summed E-state index contributed by atoms with van der Waals surface area (Å²) in [6.07, 6.45) is 6.83. The summed E-state index contributed by atoms with van der Waals surface area (Å²) in [5, 5.41) is 33.1. The third-order valence-corrected chi connectivity index (χ3v) is 8.55. The Morgan fingerprint density at radius 3 is 2.50 bits per heavy atom. The van der Waals surface area contributed by atoms with E-state index in [0.29, 0.717) is 51.0 Å². The van der Waals surface area contributed by atoms with Crippen LogP contribution in [-0.4, -0.2) is 77.1 Å². The summed E-state index contributed by atoms with van der Waals surface area (Å²) in [7, 11) is 1.50. The number of aliphatic hydroxyl groups is 3. The van der Waals surface area contributed by atoms with Gasteiger partial charge in [-0.25, -0.2) is 0 Å². The van der Waals surface area contributed by atoms with Crippen LogP contribution in [0.4, 0.5) is 0 Å². The largest absolute Gasteiger partial charge is 0.493 e. The molecular formula is C28H39IN2O7. The number of amides is 2. The molecule has 0 aliphatic heterocycles. The summed E-state index contributed by atoms with van der Waals surface area (Å²) in [6, 6.07) is 2.83. The number of hydrogen-bond donors (Lipinski definition) is 4. The first-order valence-corrected chi connectivity index (χ1v) is 14.6. The molecule has 2 fully saturated rings. The van der Waals surface area contributed by atoms with Crippen LogP contribution >= 0.6 is 22.6 Å². The molecule has 9 nitrogen and oxygen atoms in total. The zero-order valence-electron chi connectivity index (χ0n) is 21.9. The first-order chi connectivity index (χ1) is 18.3. The van der Waals surface area contributed by atoms with E-state index in [2.05, 4.69) is 27.9 Å². The summed E-state index contributed by atoms with van der Waals surface area (Å²) < 4.78 is 12.5. The van der Waals surface area contributed by atoms with E-state index < -0.39 is 18.2 Å². The number of carbonyl (C=O) groups excluding carboxylic acids is 2. The Hall–Kier alpha value is -1.89. The van der Waals surface area contributed by atoms with Crippen LogP contribution in [0.5, 0.6) is 11.5 Å². The second-order valence-corrected chi connectivity index (χ2v) is 11.8. The van der Waals surface area contributed by atoms with Crippen molar-refractivity contribution in [2.75, 3.05) is 26.8 Å². The van der Waals surface area contributed by atoms with E-state index in [-0.39, 0.29) is 38.0 Å². The van der Waals surface area contributed by atoms with E-state index in [1.807, 2.05) is 0 Å². The minimum Gasteiger partial charge on any atom is -0.493 e. The van der Waals surface area contributed by atoms with Gasteiger partial charge in [0.1, 0.15) is 12.2 Å². The Labute approximate surface area is 237 Å². The lowest BCUT2D eigenvalue weighted by atomic mass is 9.87. The Balaban J connectivity index is 1.64. The predicted molar refractivity (Wildman–Crippen MR) is 150 cm³/mol. The number of carbonyl (C=O) groups is 2. The van der Waals surface area contributed by atoms with E-state index in [1.54, 1.807) is 23.1 Å². The predicted octanol–water partition coefficient (Wildman–Crippen LogP) is 2.53. The van der Waals surface area contributed by atoms with E-state index in [4.69, 9.17) is 9.47 Å². The highest BCUT2D eigenvalue weighted by atomic mass is 127. The number of nitrogens with one attached hydrogen (secondary N) is 1. The monoisotopic (exact) mass is 642 g/mol. The van der Waals surface area contributed by atoms with Gasteiger partial charge in [0, 0.05) is 31.5 Å². The van der Waals surface area contributed by atoms with Crippen molar-refractivity contribution in [1.29, 1.82) is 0 Å². The zero-order valence-corrected chi connectivity index (χ0v) is 24.1. The third-order valence-electron chi connectivity index (χ3n) is 7.75. The van der Waals surface area contributed by atoms with Gasteiger partial charge in [-0.2, -0.15) is 0 Å². The molecule has 0 spiro atoms. The molecule has 210 valence electrons. The number of halogens is 1. The highest BCUT2D eigenvalue weighted by molar-refractivity contribution is 14.1. The minimum atomic E-state index is -1.06. The fraction of sp³-hybridized carbons (Fsp3) is 0.643. The van der Waals surface area contributed by atoms with Crippen LogP contribution in [0.3, 0.4) is 0 Å². The average molecular weight is 643 g/mol. The Bertz CT molecular complexity index is 1020. The van der Waals surface area contributed by atoms with Gasteiger partial charge in [0.05, 0.1) is 29.9 Å². The van der Waals surface area contributed by atoms with Gasteiger partial charge >= 0.3 is 0 Å². The van der Waals surface area contributed by atoms with Crippen LogP contribution in [0.25, 0.3) is 0 Å². The molecule has 1 aromatic rings. The van der Waals surface area contributed by atoms with Gasteiger partial charge in [-0.15, -0.1) is 0 Å². The summed E-state index contributed by atoms with van der Waals surface area (Å²) >= 11 is 2.09. The molecule has 0 aromatic heterocycles. The van der Waals surface area contributed by atoms with Gasteiger partial charge in [-0.3, -0.25) is 9.59 Å². The average Bonchev–Trinajstić information content (AvgIpc) is 3.60. The van der Waals surface area contributed by atoms with Gasteiger partial charge in [-0.1, -0.05) is 12.8 Å². The third kappa shape index (κ3) is 7.19. The number of nitrogens with zero attached hydrogens (tertiary/aromatic N) is 1. The summed E-state index contributed by atoms with van der Waals surface area (Å²) in [6.45, 7) is 0.327. The number of ether oxygens (including phenoxy) is 2. The van der Waals surface area contributed by atoms with Gasteiger partial charge in [0.25, 0.3) is 0 Å². The molecule has 1 aromatic carbocycles. The van der Waals surface area contributed by atoms with E-state index in [1.165, 1.54) is 7.11 Å². The lowest BCUT2D eigenvalue weighted by Crippen LogP contribution is -2.55. The molecule has 3 aliphatic carbocycles. The molecule has 3 aliphatic rings. The molecule has 2 amide bonds. The van der Waals surface area contributed by atoms with Crippen molar-refractivity contribution in [1.82, 2.24) is 10.2 Å². The normalized spacial score (nSPS) is 23.6. The number of hydrogen-bond acceptors (Lipinski definition) is 7. The maximum atomic E-state index is 13.6. The molecule has 4 N–H and O–H groups in total. The van der Waals surface area contributed by atoms with Crippen LogP contribution in [-0.2, 0) is 16.2 Å². The maximum Gasteiger partial charge on any atom is 0.247 e. The number of benzene rings is 1.